The monoisotopic (exact) mass is 339 g/mol. The number of rotatable bonds is 5. The molecule has 0 aliphatic carbocycles. The van der Waals surface area contributed by atoms with Crippen molar-refractivity contribution in [1.82, 2.24) is 10.2 Å². The van der Waals surface area contributed by atoms with Crippen LogP contribution in [0.3, 0.4) is 0 Å². The van der Waals surface area contributed by atoms with Gasteiger partial charge in [-0.05, 0) is 49.2 Å². The van der Waals surface area contributed by atoms with Crippen LogP contribution in [0.1, 0.15) is 11.1 Å². The third-order valence-electron chi connectivity index (χ3n) is 3.54. The van der Waals surface area contributed by atoms with Gasteiger partial charge in [0.1, 0.15) is 0 Å². The minimum Gasteiger partial charge on any atom is -0.411 e. The van der Waals surface area contributed by atoms with E-state index in [-0.39, 0.29) is 11.7 Å². The van der Waals surface area contributed by atoms with Gasteiger partial charge in [0.05, 0.1) is 5.75 Å². The van der Waals surface area contributed by atoms with E-state index < -0.39 is 0 Å². The minimum atomic E-state index is -0.114. The number of para-hydroxylation sites is 1. The molecule has 0 aliphatic heterocycles. The van der Waals surface area contributed by atoms with Crippen LogP contribution in [0.2, 0.25) is 0 Å². The zero-order chi connectivity index (χ0) is 16.9. The van der Waals surface area contributed by atoms with E-state index in [1.165, 1.54) is 22.9 Å². The minimum absolute atomic E-state index is 0.114. The fourth-order valence-electron chi connectivity index (χ4n) is 2.11. The van der Waals surface area contributed by atoms with Crippen molar-refractivity contribution in [2.45, 2.75) is 19.1 Å². The van der Waals surface area contributed by atoms with Gasteiger partial charge in [-0.3, -0.25) is 4.79 Å². The maximum atomic E-state index is 11.9. The lowest BCUT2D eigenvalue weighted by Crippen LogP contribution is -2.13. The number of hydrogen-bond acceptors (Lipinski definition) is 5. The van der Waals surface area contributed by atoms with E-state index in [0.717, 1.165) is 11.3 Å². The summed E-state index contributed by atoms with van der Waals surface area (Å²) in [5.41, 5.74) is 4.03. The Morgan fingerprint density at radius 1 is 1.08 bits per heavy atom. The van der Waals surface area contributed by atoms with Crippen molar-refractivity contribution >= 4 is 23.4 Å². The standard InChI is InChI=1S/C18H17N3O2S/c1-12-8-9-14(10-13(12)2)17-20-21-18(23-17)24-11-16(22)19-15-6-4-3-5-7-15/h3-10H,11H2,1-2H3,(H,19,22). The van der Waals surface area contributed by atoms with Gasteiger partial charge in [0.15, 0.2) is 0 Å². The van der Waals surface area contributed by atoms with E-state index >= 15 is 0 Å². The van der Waals surface area contributed by atoms with E-state index in [1.807, 2.05) is 55.5 Å². The van der Waals surface area contributed by atoms with Crippen LogP contribution in [0.25, 0.3) is 11.5 Å². The van der Waals surface area contributed by atoms with Gasteiger partial charge < -0.3 is 9.73 Å². The van der Waals surface area contributed by atoms with Gasteiger partial charge >= 0.3 is 0 Å². The summed E-state index contributed by atoms with van der Waals surface area (Å²) in [6.45, 7) is 4.10. The third kappa shape index (κ3) is 4.02. The first-order valence-corrected chi connectivity index (χ1v) is 8.49. The molecule has 0 spiro atoms. The quantitative estimate of drug-likeness (QED) is 0.709. The number of hydrogen-bond donors (Lipinski definition) is 1. The predicted octanol–water partition coefficient (Wildman–Crippen LogP) is 4.08. The number of anilines is 1. The van der Waals surface area contributed by atoms with Crippen molar-refractivity contribution in [3.63, 3.8) is 0 Å². The molecule has 0 unspecified atom stereocenters. The van der Waals surface area contributed by atoms with Crippen LogP contribution in [0.15, 0.2) is 58.2 Å². The number of carbonyl (C=O) groups excluding carboxylic acids is 1. The van der Waals surface area contributed by atoms with E-state index in [9.17, 15) is 4.79 Å². The molecular weight excluding hydrogens is 322 g/mol. The summed E-state index contributed by atoms with van der Waals surface area (Å²) in [4.78, 5) is 11.9. The molecule has 0 radical (unpaired) electrons. The van der Waals surface area contributed by atoms with Gasteiger partial charge in [-0.15, -0.1) is 10.2 Å². The number of amides is 1. The molecule has 0 bridgehead atoms. The van der Waals surface area contributed by atoms with Crippen LogP contribution in [-0.2, 0) is 4.79 Å². The Labute approximate surface area is 144 Å². The molecule has 2 aromatic carbocycles. The maximum Gasteiger partial charge on any atom is 0.277 e. The molecule has 24 heavy (non-hydrogen) atoms. The highest BCUT2D eigenvalue weighted by Gasteiger charge is 2.12. The molecule has 3 rings (SSSR count). The number of nitrogens with one attached hydrogen (secondary N) is 1. The van der Waals surface area contributed by atoms with Gasteiger partial charge in [0, 0.05) is 11.3 Å². The van der Waals surface area contributed by atoms with Crippen molar-refractivity contribution in [1.29, 1.82) is 0 Å². The lowest BCUT2D eigenvalue weighted by atomic mass is 10.1. The first kappa shape index (κ1) is 16.3. The Bertz CT molecular complexity index is 846. The summed E-state index contributed by atoms with van der Waals surface area (Å²) < 4.78 is 5.63. The first-order chi connectivity index (χ1) is 11.6. The van der Waals surface area contributed by atoms with Gasteiger partial charge in [-0.2, -0.15) is 0 Å². The van der Waals surface area contributed by atoms with Crippen LogP contribution in [0.5, 0.6) is 0 Å². The largest absolute Gasteiger partial charge is 0.411 e. The molecule has 0 aliphatic rings. The molecule has 122 valence electrons. The molecule has 1 N–H and O–H groups in total. The summed E-state index contributed by atoms with van der Waals surface area (Å²) in [5, 5.41) is 11.2. The van der Waals surface area contributed by atoms with E-state index in [2.05, 4.69) is 22.4 Å². The molecule has 1 amide bonds. The molecule has 3 aromatic rings. The normalized spacial score (nSPS) is 10.6. The Kier molecular flexibility index (Phi) is 4.96. The third-order valence-corrected chi connectivity index (χ3v) is 4.36. The van der Waals surface area contributed by atoms with E-state index in [1.54, 1.807) is 0 Å². The fourth-order valence-corrected chi connectivity index (χ4v) is 2.67. The van der Waals surface area contributed by atoms with Crippen LogP contribution in [0.4, 0.5) is 5.69 Å². The predicted molar refractivity (Wildman–Crippen MR) is 95.0 cm³/mol. The van der Waals surface area contributed by atoms with Gasteiger partial charge in [0.25, 0.3) is 5.22 Å². The number of carbonyl (C=O) groups is 1. The molecule has 5 nitrogen and oxygen atoms in total. The van der Waals surface area contributed by atoms with Crippen molar-refractivity contribution in [2.24, 2.45) is 0 Å². The van der Waals surface area contributed by atoms with Gasteiger partial charge in [-0.25, -0.2) is 0 Å². The second kappa shape index (κ2) is 7.31. The highest BCUT2D eigenvalue weighted by Crippen LogP contribution is 2.24. The molecule has 0 saturated heterocycles. The number of thioether (sulfide) groups is 1. The molecule has 0 saturated carbocycles. The Morgan fingerprint density at radius 2 is 1.88 bits per heavy atom. The van der Waals surface area contributed by atoms with Crippen LogP contribution < -0.4 is 5.32 Å². The van der Waals surface area contributed by atoms with E-state index in [0.29, 0.717) is 11.1 Å². The smallest absolute Gasteiger partial charge is 0.277 e. The zero-order valence-corrected chi connectivity index (χ0v) is 14.3. The molecule has 1 heterocycles. The van der Waals surface area contributed by atoms with Crippen LogP contribution in [0, 0.1) is 13.8 Å². The highest BCUT2D eigenvalue weighted by atomic mass is 32.2. The summed E-state index contributed by atoms with van der Waals surface area (Å²) in [6, 6.07) is 15.3. The number of aryl methyl sites for hydroxylation is 2. The average Bonchev–Trinajstić information content (AvgIpc) is 3.05. The van der Waals surface area contributed by atoms with Gasteiger partial charge in [0.2, 0.25) is 11.8 Å². The number of nitrogens with zero attached hydrogens (tertiary/aromatic N) is 2. The number of aromatic nitrogens is 2. The second-order valence-corrected chi connectivity index (χ2v) is 6.30. The maximum absolute atomic E-state index is 11.9. The zero-order valence-electron chi connectivity index (χ0n) is 13.4. The SMILES string of the molecule is Cc1ccc(-c2nnc(SCC(=O)Nc3ccccc3)o2)cc1C. The van der Waals surface area contributed by atoms with E-state index in [4.69, 9.17) is 4.42 Å². The summed E-state index contributed by atoms with van der Waals surface area (Å²) >= 11 is 1.22. The second-order valence-electron chi connectivity index (χ2n) is 5.38. The van der Waals surface area contributed by atoms with Crippen molar-refractivity contribution < 1.29 is 9.21 Å². The molecule has 0 atom stereocenters. The molecule has 1 aromatic heterocycles. The lowest BCUT2D eigenvalue weighted by Gasteiger charge is -2.03. The molecular formula is C18H17N3O2S. The summed E-state index contributed by atoms with van der Waals surface area (Å²) in [6.07, 6.45) is 0. The molecule has 0 fully saturated rings. The number of benzene rings is 2. The fraction of sp³-hybridized carbons (Fsp3) is 0.167. The van der Waals surface area contributed by atoms with Crippen molar-refractivity contribution in [3.05, 3.63) is 59.7 Å². The van der Waals surface area contributed by atoms with Gasteiger partial charge in [-0.1, -0.05) is 36.0 Å². The Morgan fingerprint density at radius 3 is 2.62 bits per heavy atom. The van der Waals surface area contributed by atoms with Crippen molar-refractivity contribution in [2.75, 3.05) is 11.1 Å². The summed E-state index contributed by atoms with van der Waals surface area (Å²) in [7, 11) is 0. The summed E-state index contributed by atoms with van der Waals surface area (Å²) in [5.74, 6) is 0.560. The van der Waals surface area contributed by atoms with Crippen molar-refractivity contribution in [3.8, 4) is 11.5 Å². The Balaban J connectivity index is 1.60. The average molecular weight is 339 g/mol. The highest BCUT2D eigenvalue weighted by molar-refractivity contribution is 7.99. The topological polar surface area (TPSA) is 68.0 Å². The van der Waals surface area contributed by atoms with Crippen LogP contribution >= 0.6 is 11.8 Å². The Hall–Kier alpha value is -2.60. The molecule has 6 heteroatoms. The van der Waals surface area contributed by atoms with Crippen LogP contribution in [-0.4, -0.2) is 21.9 Å². The first-order valence-electron chi connectivity index (χ1n) is 7.50. The lowest BCUT2D eigenvalue weighted by molar-refractivity contribution is -0.113.